The highest BCUT2D eigenvalue weighted by Gasteiger charge is 2.34. The van der Waals surface area contributed by atoms with Crippen LogP contribution in [0.2, 0.25) is 0 Å². The van der Waals surface area contributed by atoms with Gasteiger partial charge in [0.25, 0.3) is 0 Å². The molecule has 16 aromatic rings. The Kier molecular flexibility index (Phi) is 8.65. The fraction of sp³-hybridized carbons (Fsp3) is 0. The molecule has 0 atom stereocenters. The van der Waals surface area contributed by atoms with Crippen molar-refractivity contribution in [3.63, 3.8) is 0 Å². The molecule has 11 aromatic carbocycles. The number of rotatable bonds is 5. The first-order chi connectivity index (χ1) is 37.2. The van der Waals surface area contributed by atoms with E-state index in [1.165, 1.54) is 10.1 Å². The summed E-state index contributed by atoms with van der Waals surface area (Å²) in [4.78, 5) is 4.65. The van der Waals surface area contributed by atoms with Gasteiger partial charge in [-0.15, -0.1) is 11.3 Å². The number of aromatic nitrogens is 2. The first-order valence-electron chi connectivity index (χ1n) is 24.9. The van der Waals surface area contributed by atoms with E-state index < -0.39 is 0 Å². The molecule has 0 amide bonds. The van der Waals surface area contributed by atoms with Crippen LogP contribution in [0.15, 0.2) is 227 Å². The number of fused-ring (bicyclic) bond motifs is 18. The lowest BCUT2D eigenvalue weighted by Gasteiger charge is -2.26. The molecule has 0 spiro atoms. The van der Waals surface area contributed by atoms with Gasteiger partial charge >= 0.3 is 0 Å². The topological polar surface area (TPSA) is 64.3 Å². The predicted octanol–water partition coefficient (Wildman–Crippen LogP) is 19.5. The minimum atomic E-state index is 0.332. The van der Waals surface area contributed by atoms with Crippen LogP contribution in [0, 0.1) is 17.9 Å². The Morgan fingerprint density at radius 3 is 1.55 bits per heavy atom. The molecule has 0 aliphatic heterocycles. The minimum absolute atomic E-state index is 0.332. The van der Waals surface area contributed by atoms with Crippen LogP contribution in [0.3, 0.4) is 0 Å². The van der Waals surface area contributed by atoms with Crippen LogP contribution in [0.5, 0.6) is 0 Å². The van der Waals surface area contributed by atoms with E-state index in [0.717, 1.165) is 114 Å². The SMILES string of the molecule is [C-]#[N+]c1c(-c2ccccc2)c(C#N)c(-n2c3ccccc3c3c(-c4ccccc4)cc4c5ccccc5sc4c32)c(-c2ccccc2)c1-n1c2c(ccc3c4ccccc4oc32)c2ccc3c4ccccc4oc3c21. The van der Waals surface area contributed by atoms with Gasteiger partial charge in [-0.2, -0.15) is 5.26 Å². The lowest BCUT2D eigenvalue weighted by Crippen LogP contribution is -2.09. The summed E-state index contributed by atoms with van der Waals surface area (Å²) in [5.74, 6) is 0. The van der Waals surface area contributed by atoms with Gasteiger partial charge in [0.15, 0.2) is 11.2 Å². The molecule has 6 nitrogen and oxygen atoms in total. The van der Waals surface area contributed by atoms with E-state index in [9.17, 15) is 11.8 Å². The van der Waals surface area contributed by atoms with Crippen molar-refractivity contribution in [3.8, 4) is 50.8 Å². The van der Waals surface area contributed by atoms with E-state index >= 15 is 0 Å². The Hall–Kier alpha value is -10.2. The Morgan fingerprint density at radius 1 is 0.440 bits per heavy atom. The van der Waals surface area contributed by atoms with E-state index in [4.69, 9.17) is 8.83 Å². The van der Waals surface area contributed by atoms with Crippen molar-refractivity contribution in [3.05, 3.63) is 235 Å². The van der Waals surface area contributed by atoms with Gasteiger partial charge < -0.3 is 18.0 Å². The largest absolute Gasteiger partial charge is 0.454 e. The zero-order valence-corrected chi connectivity index (χ0v) is 40.6. The zero-order valence-electron chi connectivity index (χ0n) is 39.8. The molecule has 0 unspecified atom stereocenters. The monoisotopic (exact) mass is 972 g/mol. The number of benzene rings is 11. The quantitative estimate of drug-likeness (QED) is 0.161. The van der Waals surface area contributed by atoms with Gasteiger partial charge in [0.1, 0.15) is 17.2 Å². The predicted molar refractivity (Wildman–Crippen MR) is 310 cm³/mol. The van der Waals surface area contributed by atoms with Crippen molar-refractivity contribution in [1.82, 2.24) is 9.13 Å². The lowest BCUT2D eigenvalue weighted by atomic mass is 9.88. The van der Waals surface area contributed by atoms with Crippen molar-refractivity contribution in [2.24, 2.45) is 0 Å². The highest BCUT2D eigenvalue weighted by atomic mass is 32.1. The van der Waals surface area contributed by atoms with Gasteiger partial charge in [-0.3, -0.25) is 0 Å². The van der Waals surface area contributed by atoms with E-state index in [1.54, 1.807) is 11.3 Å². The number of hydrogen-bond donors (Lipinski definition) is 0. The maximum absolute atomic E-state index is 12.3. The third kappa shape index (κ3) is 5.65. The van der Waals surface area contributed by atoms with Gasteiger partial charge in [0.05, 0.1) is 50.3 Å². The van der Waals surface area contributed by atoms with E-state index in [-0.39, 0.29) is 0 Å². The van der Waals surface area contributed by atoms with Crippen molar-refractivity contribution < 1.29 is 8.83 Å². The molecule has 0 N–H and O–H groups in total. The third-order valence-electron chi connectivity index (χ3n) is 15.4. The zero-order chi connectivity index (χ0) is 49.5. The molecule has 0 saturated heterocycles. The third-order valence-corrected chi connectivity index (χ3v) is 16.6. The molecular formula is C68H36N4O2S. The standard InChI is InChI=1S/C68H36N4O2S/c1-70-60-57(40-21-7-3-8-22-40)52(38-69)61(71-53-29-15-11-28-49(53)59-50(39-19-5-2-6-20-39)37-51-44-27-14-18-32-56(44)75-68(51)65(59)71)58(41-23-9-4-10-24-41)64(60)72-62-45(33-35-47-42-25-12-16-30-54(42)73-66(47)62)46-34-36-48-43-26-13-17-31-55(43)74-67(48)63(46)72/h2-37H. The summed E-state index contributed by atoms with van der Waals surface area (Å²) < 4.78 is 21.0. The number of hydrogen-bond acceptors (Lipinski definition) is 4. The number of para-hydroxylation sites is 3. The fourth-order valence-corrected chi connectivity index (χ4v) is 13.5. The number of furan rings is 2. The van der Waals surface area contributed by atoms with Crippen LogP contribution in [0.25, 0.3) is 157 Å². The van der Waals surface area contributed by atoms with Gasteiger partial charge in [-0.25, -0.2) is 4.85 Å². The van der Waals surface area contributed by atoms with Crippen LogP contribution in [-0.2, 0) is 0 Å². The second kappa shape index (κ2) is 15.7. The average molecular weight is 973 g/mol. The van der Waals surface area contributed by atoms with Crippen LogP contribution in [0.1, 0.15) is 5.56 Å². The summed E-state index contributed by atoms with van der Waals surface area (Å²) in [5.41, 5.74) is 13.5. The van der Waals surface area contributed by atoms with Crippen LogP contribution in [0.4, 0.5) is 5.69 Å². The van der Waals surface area contributed by atoms with Crippen molar-refractivity contribution in [1.29, 1.82) is 5.26 Å². The molecule has 0 radical (unpaired) electrons. The Labute approximate surface area is 431 Å². The fourth-order valence-electron chi connectivity index (χ4n) is 12.3. The molecule has 0 fully saturated rings. The maximum atomic E-state index is 12.3. The molecular weight excluding hydrogens is 937 g/mol. The number of nitrogens with zero attached hydrogens (tertiary/aromatic N) is 4. The Balaban J connectivity index is 1.22. The summed E-state index contributed by atoms with van der Waals surface area (Å²) in [6, 6.07) is 78.4. The van der Waals surface area contributed by atoms with Crippen molar-refractivity contribution >= 4 is 125 Å². The number of thiophene rings is 1. The van der Waals surface area contributed by atoms with Gasteiger partial charge in [0, 0.05) is 69.7 Å². The van der Waals surface area contributed by atoms with E-state index in [1.807, 2.05) is 84.9 Å². The molecule has 0 saturated carbocycles. The first-order valence-corrected chi connectivity index (χ1v) is 25.7. The van der Waals surface area contributed by atoms with E-state index in [2.05, 4.69) is 154 Å². The molecule has 75 heavy (non-hydrogen) atoms. The Morgan fingerprint density at radius 2 is 0.947 bits per heavy atom. The summed E-state index contributed by atoms with van der Waals surface area (Å²) >= 11 is 1.77. The first kappa shape index (κ1) is 41.4. The normalized spacial score (nSPS) is 12.0. The maximum Gasteiger partial charge on any atom is 0.220 e. The van der Waals surface area contributed by atoms with Crippen LogP contribution < -0.4 is 0 Å². The lowest BCUT2D eigenvalue weighted by molar-refractivity contribution is 0.669. The van der Waals surface area contributed by atoms with Gasteiger partial charge in [-0.1, -0.05) is 176 Å². The van der Waals surface area contributed by atoms with E-state index in [0.29, 0.717) is 39.4 Å². The molecule has 0 aliphatic rings. The number of nitriles is 1. The van der Waals surface area contributed by atoms with Gasteiger partial charge in [-0.05, 0) is 64.7 Å². The molecule has 5 heterocycles. The van der Waals surface area contributed by atoms with Crippen molar-refractivity contribution in [2.45, 2.75) is 0 Å². The smallest absolute Gasteiger partial charge is 0.220 e. The van der Waals surface area contributed by atoms with Crippen molar-refractivity contribution in [2.75, 3.05) is 0 Å². The summed E-state index contributed by atoms with van der Waals surface area (Å²) in [6.45, 7) is 9.58. The second-order valence-electron chi connectivity index (χ2n) is 19.2. The molecule has 16 rings (SSSR count). The molecule has 5 aromatic heterocycles. The second-order valence-corrected chi connectivity index (χ2v) is 20.2. The molecule has 0 aliphatic carbocycles. The molecule has 346 valence electrons. The minimum Gasteiger partial charge on any atom is -0.454 e. The summed E-state index contributed by atoms with van der Waals surface area (Å²) in [6.07, 6.45) is 0. The summed E-state index contributed by atoms with van der Waals surface area (Å²) in [7, 11) is 0. The highest BCUT2D eigenvalue weighted by molar-refractivity contribution is 7.26. The Bertz CT molecular complexity index is 5070. The van der Waals surface area contributed by atoms with Gasteiger partial charge in [0.2, 0.25) is 5.69 Å². The molecule has 7 heteroatoms. The van der Waals surface area contributed by atoms with Crippen LogP contribution >= 0.6 is 11.3 Å². The highest BCUT2D eigenvalue weighted by Crippen LogP contribution is 2.56. The molecule has 0 bridgehead atoms. The van der Waals surface area contributed by atoms with Crippen LogP contribution in [-0.4, -0.2) is 9.13 Å². The summed E-state index contributed by atoms with van der Waals surface area (Å²) in [5, 5.41) is 22.5. The average Bonchev–Trinajstić information content (AvgIpc) is 4.41.